The van der Waals surface area contributed by atoms with Gasteiger partial charge in [-0.2, -0.15) is 0 Å². The van der Waals surface area contributed by atoms with Gasteiger partial charge in [0.05, 0.1) is 12.3 Å². The molecule has 0 aliphatic rings. The fraction of sp³-hybridized carbons (Fsp3) is 0.231. The Morgan fingerprint density at radius 3 is 2.30 bits per heavy atom. The largest absolute Gasteiger partial charge is 0.341 e. The highest BCUT2D eigenvalue weighted by Gasteiger charge is 2.17. The fourth-order valence-corrected chi connectivity index (χ4v) is 4.38. The number of thioether (sulfide) groups is 1. The van der Waals surface area contributed by atoms with Gasteiger partial charge in [-0.25, -0.2) is 0 Å². The molecule has 4 rings (SSSR count). The third-order valence-electron chi connectivity index (χ3n) is 5.44. The predicted molar refractivity (Wildman–Crippen MR) is 132 cm³/mol. The summed E-state index contributed by atoms with van der Waals surface area (Å²) in [6.45, 7) is 3.35. The molecule has 0 radical (unpaired) electrons. The molecule has 0 bridgehead atoms. The smallest absolute Gasteiger partial charge is 0.233 e. The quantitative estimate of drug-likeness (QED) is 0.341. The van der Waals surface area contributed by atoms with Crippen LogP contribution in [0.1, 0.15) is 23.6 Å². The van der Waals surface area contributed by atoms with E-state index in [1.54, 1.807) is 17.3 Å². The lowest BCUT2D eigenvalue weighted by Gasteiger charge is -2.17. The summed E-state index contributed by atoms with van der Waals surface area (Å²) < 4.78 is 2.06. The minimum absolute atomic E-state index is 0.0549. The number of rotatable bonds is 9. The lowest BCUT2D eigenvalue weighted by atomic mass is 10.1. The van der Waals surface area contributed by atoms with Crippen LogP contribution in [0.3, 0.4) is 0 Å². The second-order valence-corrected chi connectivity index (χ2v) is 8.76. The second kappa shape index (κ2) is 10.9. The van der Waals surface area contributed by atoms with Crippen molar-refractivity contribution in [2.75, 3.05) is 12.8 Å². The first kappa shape index (κ1) is 22.7. The number of aromatic nitrogens is 4. The van der Waals surface area contributed by atoms with Crippen LogP contribution in [0.15, 0.2) is 84.3 Å². The van der Waals surface area contributed by atoms with E-state index in [0.717, 1.165) is 34.1 Å². The maximum Gasteiger partial charge on any atom is 0.233 e. The molecule has 0 saturated carbocycles. The van der Waals surface area contributed by atoms with E-state index in [0.29, 0.717) is 18.8 Å². The molecule has 33 heavy (non-hydrogen) atoms. The highest BCUT2D eigenvalue weighted by molar-refractivity contribution is 7.99. The van der Waals surface area contributed by atoms with Gasteiger partial charge in [0.1, 0.15) is 0 Å². The van der Waals surface area contributed by atoms with Crippen molar-refractivity contribution in [1.82, 2.24) is 24.6 Å². The van der Waals surface area contributed by atoms with Crippen molar-refractivity contribution < 1.29 is 4.79 Å². The minimum atomic E-state index is 0.0549. The van der Waals surface area contributed by atoms with E-state index in [9.17, 15) is 4.79 Å². The highest BCUT2D eigenvalue weighted by Crippen LogP contribution is 2.25. The summed E-state index contributed by atoms with van der Waals surface area (Å²) in [5.41, 5.74) is 4.51. The number of benzene rings is 2. The Bertz CT molecular complexity index is 1180. The van der Waals surface area contributed by atoms with Gasteiger partial charge in [-0.05, 0) is 35.2 Å². The first-order valence-corrected chi connectivity index (χ1v) is 11.9. The number of carbonyl (C=O) groups is 1. The number of aryl methyl sites for hydroxylation is 1. The molecule has 0 unspecified atom stereocenters. The van der Waals surface area contributed by atoms with Crippen LogP contribution in [0, 0.1) is 0 Å². The molecule has 2 aromatic carbocycles. The number of carbonyl (C=O) groups excluding carboxylic acids is 1. The van der Waals surface area contributed by atoms with E-state index in [1.165, 1.54) is 17.3 Å². The Morgan fingerprint density at radius 1 is 0.909 bits per heavy atom. The Kier molecular flexibility index (Phi) is 7.52. The van der Waals surface area contributed by atoms with Gasteiger partial charge in [-0.3, -0.25) is 14.3 Å². The topological polar surface area (TPSA) is 63.9 Å². The van der Waals surface area contributed by atoms with Crippen LogP contribution < -0.4 is 0 Å². The van der Waals surface area contributed by atoms with Gasteiger partial charge >= 0.3 is 0 Å². The summed E-state index contributed by atoms with van der Waals surface area (Å²) in [5.74, 6) is 1.12. The van der Waals surface area contributed by atoms with E-state index in [2.05, 4.69) is 63.1 Å². The van der Waals surface area contributed by atoms with Crippen molar-refractivity contribution >= 4 is 17.7 Å². The van der Waals surface area contributed by atoms with Gasteiger partial charge < -0.3 is 4.90 Å². The molecule has 2 heterocycles. The summed E-state index contributed by atoms with van der Waals surface area (Å²) >= 11 is 1.42. The number of amides is 1. The van der Waals surface area contributed by atoms with Crippen LogP contribution in [-0.4, -0.2) is 43.4 Å². The van der Waals surface area contributed by atoms with Crippen molar-refractivity contribution in [2.45, 2.75) is 31.6 Å². The van der Waals surface area contributed by atoms with E-state index >= 15 is 0 Å². The number of hydrogen-bond acceptors (Lipinski definition) is 5. The molecule has 6 nitrogen and oxygen atoms in total. The molecular weight excluding hydrogens is 430 g/mol. The number of pyridine rings is 1. The molecule has 168 valence electrons. The fourth-order valence-electron chi connectivity index (χ4n) is 3.50. The van der Waals surface area contributed by atoms with Crippen LogP contribution in [0.25, 0.3) is 11.4 Å². The van der Waals surface area contributed by atoms with Crippen LogP contribution >= 0.6 is 11.8 Å². The van der Waals surface area contributed by atoms with E-state index in [4.69, 9.17) is 0 Å². The molecule has 0 N–H and O–H groups in total. The van der Waals surface area contributed by atoms with Gasteiger partial charge in [0.2, 0.25) is 5.91 Å². The number of nitrogens with zero attached hydrogens (tertiary/aromatic N) is 5. The van der Waals surface area contributed by atoms with Gasteiger partial charge in [-0.15, -0.1) is 10.2 Å². The van der Waals surface area contributed by atoms with Crippen molar-refractivity contribution in [3.05, 3.63) is 95.8 Å². The molecule has 7 heteroatoms. The standard InChI is InChI=1S/C26H27N5OS/c1-3-20-9-11-22(12-10-20)17-30(2)24(32)19-33-26-29-28-25(23-13-15-27-16-14-23)31(26)18-21-7-5-4-6-8-21/h4-16H,3,17-19H2,1-2H3. The lowest BCUT2D eigenvalue weighted by Crippen LogP contribution is -2.28. The van der Waals surface area contributed by atoms with Gasteiger partial charge in [-0.1, -0.05) is 73.3 Å². The molecule has 1 amide bonds. The maximum atomic E-state index is 12.8. The zero-order chi connectivity index (χ0) is 23.0. The van der Waals surface area contributed by atoms with Crippen LogP contribution in [0.2, 0.25) is 0 Å². The molecule has 2 aromatic heterocycles. The first-order valence-electron chi connectivity index (χ1n) is 11.0. The van der Waals surface area contributed by atoms with Crippen molar-refractivity contribution in [3.63, 3.8) is 0 Å². The monoisotopic (exact) mass is 457 g/mol. The zero-order valence-electron chi connectivity index (χ0n) is 18.9. The highest BCUT2D eigenvalue weighted by atomic mass is 32.2. The molecule has 0 atom stereocenters. The summed E-state index contributed by atoms with van der Waals surface area (Å²) in [6, 6.07) is 22.4. The summed E-state index contributed by atoms with van der Waals surface area (Å²) in [5, 5.41) is 9.56. The Morgan fingerprint density at radius 2 is 1.61 bits per heavy atom. The van der Waals surface area contributed by atoms with Gasteiger partial charge in [0.15, 0.2) is 11.0 Å². The average molecular weight is 458 g/mol. The Labute approximate surface area is 198 Å². The van der Waals surface area contributed by atoms with Crippen LogP contribution in [0.5, 0.6) is 0 Å². The third-order valence-corrected chi connectivity index (χ3v) is 6.39. The van der Waals surface area contributed by atoms with E-state index in [1.807, 2.05) is 37.4 Å². The van der Waals surface area contributed by atoms with E-state index in [-0.39, 0.29) is 5.91 Å². The molecular formula is C26H27N5OS. The van der Waals surface area contributed by atoms with Crippen LogP contribution in [-0.2, 0) is 24.3 Å². The number of hydrogen-bond donors (Lipinski definition) is 0. The Balaban J connectivity index is 1.47. The molecule has 0 saturated heterocycles. The average Bonchev–Trinajstić information content (AvgIpc) is 3.26. The lowest BCUT2D eigenvalue weighted by molar-refractivity contribution is -0.127. The summed E-state index contributed by atoms with van der Waals surface area (Å²) in [4.78, 5) is 18.7. The van der Waals surface area contributed by atoms with E-state index < -0.39 is 0 Å². The Hall–Kier alpha value is -3.45. The SMILES string of the molecule is CCc1ccc(CN(C)C(=O)CSc2nnc(-c3ccncc3)n2Cc2ccccc2)cc1. The second-order valence-electron chi connectivity index (χ2n) is 7.82. The summed E-state index contributed by atoms with van der Waals surface area (Å²) in [7, 11) is 1.84. The van der Waals surface area contributed by atoms with Crippen molar-refractivity contribution in [1.29, 1.82) is 0 Å². The minimum Gasteiger partial charge on any atom is -0.341 e. The zero-order valence-corrected chi connectivity index (χ0v) is 19.7. The predicted octanol–water partition coefficient (Wildman–Crippen LogP) is 4.70. The van der Waals surface area contributed by atoms with Crippen LogP contribution in [0.4, 0.5) is 0 Å². The summed E-state index contributed by atoms with van der Waals surface area (Å²) in [6.07, 6.45) is 4.50. The first-order chi connectivity index (χ1) is 16.1. The van der Waals surface area contributed by atoms with Gasteiger partial charge in [0.25, 0.3) is 0 Å². The maximum absolute atomic E-state index is 12.8. The normalized spacial score (nSPS) is 10.8. The molecule has 0 spiro atoms. The molecule has 0 fully saturated rings. The molecule has 0 aliphatic carbocycles. The van der Waals surface area contributed by atoms with Gasteiger partial charge in [0, 0.05) is 31.5 Å². The van der Waals surface area contributed by atoms with Crippen molar-refractivity contribution in [3.8, 4) is 11.4 Å². The third kappa shape index (κ3) is 5.87. The molecule has 4 aromatic rings. The van der Waals surface area contributed by atoms with Crippen molar-refractivity contribution in [2.24, 2.45) is 0 Å². The molecule has 0 aliphatic heterocycles.